The second kappa shape index (κ2) is 8.58. The number of fused-ring (bicyclic) bond motifs is 1. The molecule has 23 heavy (non-hydrogen) atoms. The predicted molar refractivity (Wildman–Crippen MR) is 93.2 cm³/mol. The Morgan fingerprint density at radius 3 is 2.74 bits per heavy atom. The van der Waals surface area contributed by atoms with Gasteiger partial charge in [0.25, 0.3) is 0 Å². The van der Waals surface area contributed by atoms with E-state index in [0.29, 0.717) is 24.9 Å². The van der Waals surface area contributed by atoms with Gasteiger partial charge < -0.3 is 20.7 Å². The molecule has 2 amide bonds. The maximum absolute atomic E-state index is 11.9. The SMILES string of the molecule is CC(C)CC(CCO)CNC(=O)NCc1cc2ccccc2[nH]1. The lowest BCUT2D eigenvalue weighted by molar-refractivity contribution is 0.224. The molecule has 0 saturated carbocycles. The molecule has 0 aliphatic heterocycles. The zero-order valence-electron chi connectivity index (χ0n) is 13.9. The number of nitrogens with one attached hydrogen (secondary N) is 3. The number of carbonyl (C=O) groups is 1. The molecule has 2 aromatic rings. The molecule has 1 aromatic carbocycles. The molecule has 5 nitrogen and oxygen atoms in total. The Hall–Kier alpha value is -2.01. The molecule has 4 N–H and O–H groups in total. The molecule has 1 heterocycles. The van der Waals surface area contributed by atoms with Gasteiger partial charge >= 0.3 is 6.03 Å². The topological polar surface area (TPSA) is 77.2 Å². The first-order chi connectivity index (χ1) is 11.1. The van der Waals surface area contributed by atoms with Crippen LogP contribution in [0.25, 0.3) is 10.9 Å². The Morgan fingerprint density at radius 1 is 1.26 bits per heavy atom. The van der Waals surface area contributed by atoms with E-state index >= 15 is 0 Å². The molecule has 1 aromatic heterocycles. The fraction of sp³-hybridized carbons (Fsp3) is 0.500. The van der Waals surface area contributed by atoms with Crippen LogP contribution in [0.2, 0.25) is 0 Å². The molecular weight excluding hydrogens is 290 g/mol. The van der Waals surface area contributed by atoms with Crippen LogP contribution >= 0.6 is 0 Å². The third-order valence-corrected chi connectivity index (χ3v) is 3.92. The number of H-pyrrole nitrogens is 1. The number of carbonyl (C=O) groups excluding carboxylic acids is 1. The Bertz CT molecular complexity index is 589. The fourth-order valence-corrected chi connectivity index (χ4v) is 2.86. The van der Waals surface area contributed by atoms with Crippen molar-refractivity contribution in [1.82, 2.24) is 15.6 Å². The van der Waals surface area contributed by atoms with Crippen LogP contribution in [0.3, 0.4) is 0 Å². The van der Waals surface area contributed by atoms with Crippen LogP contribution in [0.4, 0.5) is 4.79 Å². The van der Waals surface area contributed by atoms with Crippen LogP contribution < -0.4 is 10.6 Å². The quantitative estimate of drug-likeness (QED) is 0.604. The number of hydrogen-bond acceptors (Lipinski definition) is 2. The van der Waals surface area contributed by atoms with Gasteiger partial charge in [-0.25, -0.2) is 4.79 Å². The summed E-state index contributed by atoms with van der Waals surface area (Å²) >= 11 is 0. The van der Waals surface area contributed by atoms with E-state index in [1.807, 2.05) is 30.3 Å². The lowest BCUT2D eigenvalue weighted by Gasteiger charge is -2.18. The number of aromatic amines is 1. The van der Waals surface area contributed by atoms with E-state index in [-0.39, 0.29) is 12.6 Å². The Balaban J connectivity index is 1.77. The highest BCUT2D eigenvalue weighted by Crippen LogP contribution is 2.15. The van der Waals surface area contributed by atoms with Gasteiger partial charge in [-0.05, 0) is 42.2 Å². The van der Waals surface area contributed by atoms with Gasteiger partial charge in [-0.1, -0.05) is 32.0 Å². The second-order valence-electron chi connectivity index (χ2n) is 6.45. The summed E-state index contributed by atoms with van der Waals surface area (Å²) in [5.41, 5.74) is 2.06. The van der Waals surface area contributed by atoms with E-state index in [9.17, 15) is 4.79 Å². The Labute approximate surface area is 137 Å². The van der Waals surface area contributed by atoms with Crippen LogP contribution in [-0.2, 0) is 6.54 Å². The van der Waals surface area contributed by atoms with Crippen molar-refractivity contribution in [2.24, 2.45) is 11.8 Å². The van der Waals surface area contributed by atoms with Crippen molar-refractivity contribution in [3.8, 4) is 0 Å². The number of amides is 2. The van der Waals surface area contributed by atoms with Crippen molar-refractivity contribution < 1.29 is 9.90 Å². The molecule has 0 spiro atoms. The first-order valence-electron chi connectivity index (χ1n) is 8.27. The average molecular weight is 317 g/mol. The first-order valence-corrected chi connectivity index (χ1v) is 8.27. The van der Waals surface area contributed by atoms with E-state index < -0.39 is 0 Å². The molecule has 1 atom stereocenters. The maximum Gasteiger partial charge on any atom is 0.315 e. The molecule has 0 bridgehead atoms. The zero-order valence-corrected chi connectivity index (χ0v) is 13.9. The van der Waals surface area contributed by atoms with Gasteiger partial charge in [0.05, 0.1) is 6.54 Å². The molecule has 1 unspecified atom stereocenters. The van der Waals surface area contributed by atoms with Crippen LogP contribution in [0.15, 0.2) is 30.3 Å². The Kier molecular flexibility index (Phi) is 6.47. The number of para-hydroxylation sites is 1. The van der Waals surface area contributed by atoms with Crippen molar-refractivity contribution in [2.45, 2.75) is 33.2 Å². The van der Waals surface area contributed by atoms with Crippen LogP contribution in [0.1, 0.15) is 32.4 Å². The van der Waals surface area contributed by atoms with Crippen molar-refractivity contribution >= 4 is 16.9 Å². The van der Waals surface area contributed by atoms with Crippen molar-refractivity contribution in [3.63, 3.8) is 0 Å². The average Bonchev–Trinajstić information content (AvgIpc) is 2.93. The molecule has 0 saturated heterocycles. The first kappa shape index (κ1) is 17.3. The minimum Gasteiger partial charge on any atom is -0.396 e. The molecule has 0 aliphatic rings. The minimum atomic E-state index is -0.171. The number of aromatic nitrogens is 1. The Morgan fingerprint density at radius 2 is 2.04 bits per heavy atom. The van der Waals surface area contributed by atoms with E-state index in [4.69, 9.17) is 5.11 Å². The number of rotatable bonds is 8. The van der Waals surface area contributed by atoms with Crippen molar-refractivity contribution in [1.29, 1.82) is 0 Å². The fourth-order valence-electron chi connectivity index (χ4n) is 2.86. The minimum absolute atomic E-state index is 0.162. The van der Waals surface area contributed by atoms with Gasteiger partial charge in [-0.15, -0.1) is 0 Å². The van der Waals surface area contributed by atoms with Gasteiger partial charge in [0.1, 0.15) is 0 Å². The molecule has 2 rings (SSSR count). The highest BCUT2D eigenvalue weighted by molar-refractivity contribution is 5.80. The van der Waals surface area contributed by atoms with Crippen molar-refractivity contribution in [3.05, 3.63) is 36.0 Å². The molecular formula is C18H27N3O2. The molecule has 0 fully saturated rings. The molecule has 0 radical (unpaired) electrons. The standard InChI is InChI=1S/C18H27N3O2/c1-13(2)9-14(7-8-22)11-19-18(23)20-12-16-10-15-5-3-4-6-17(15)21-16/h3-6,10,13-14,21-22H,7-9,11-12H2,1-2H3,(H2,19,20,23). The second-order valence-corrected chi connectivity index (χ2v) is 6.45. The summed E-state index contributed by atoms with van der Waals surface area (Å²) in [7, 11) is 0. The number of aliphatic hydroxyl groups is 1. The number of benzene rings is 1. The number of aliphatic hydroxyl groups excluding tert-OH is 1. The van der Waals surface area contributed by atoms with Crippen molar-refractivity contribution in [2.75, 3.05) is 13.2 Å². The predicted octanol–water partition coefficient (Wildman–Crippen LogP) is 3.01. The monoisotopic (exact) mass is 317 g/mol. The van der Waals surface area contributed by atoms with Gasteiger partial charge in [-0.2, -0.15) is 0 Å². The van der Waals surface area contributed by atoms with E-state index in [1.165, 1.54) is 0 Å². The summed E-state index contributed by atoms with van der Waals surface area (Å²) in [6, 6.07) is 9.92. The summed E-state index contributed by atoms with van der Waals surface area (Å²) in [6.45, 7) is 5.53. The van der Waals surface area contributed by atoms with Crippen LogP contribution in [-0.4, -0.2) is 29.3 Å². The van der Waals surface area contributed by atoms with Gasteiger partial charge in [0.2, 0.25) is 0 Å². The zero-order chi connectivity index (χ0) is 16.7. The third-order valence-electron chi connectivity index (χ3n) is 3.92. The van der Waals surface area contributed by atoms with Gasteiger partial charge in [0, 0.05) is 24.4 Å². The van der Waals surface area contributed by atoms with Crippen LogP contribution in [0.5, 0.6) is 0 Å². The third kappa shape index (κ3) is 5.60. The number of urea groups is 1. The van der Waals surface area contributed by atoms with Gasteiger partial charge in [0.15, 0.2) is 0 Å². The van der Waals surface area contributed by atoms with E-state index in [1.54, 1.807) is 0 Å². The molecule has 5 heteroatoms. The largest absolute Gasteiger partial charge is 0.396 e. The summed E-state index contributed by atoms with van der Waals surface area (Å²) in [6.07, 6.45) is 1.73. The highest BCUT2D eigenvalue weighted by Gasteiger charge is 2.12. The summed E-state index contributed by atoms with van der Waals surface area (Å²) < 4.78 is 0. The van der Waals surface area contributed by atoms with E-state index in [0.717, 1.165) is 29.4 Å². The maximum atomic E-state index is 11.9. The smallest absolute Gasteiger partial charge is 0.315 e. The molecule has 126 valence electrons. The van der Waals surface area contributed by atoms with Gasteiger partial charge in [-0.3, -0.25) is 0 Å². The molecule has 0 aliphatic carbocycles. The summed E-state index contributed by atoms with van der Waals surface area (Å²) in [5.74, 6) is 0.876. The van der Waals surface area contributed by atoms with E-state index in [2.05, 4.69) is 29.5 Å². The summed E-state index contributed by atoms with van der Waals surface area (Å²) in [5, 5.41) is 16.0. The lowest BCUT2D eigenvalue weighted by atomic mass is 9.94. The lowest BCUT2D eigenvalue weighted by Crippen LogP contribution is -2.38. The summed E-state index contributed by atoms with van der Waals surface area (Å²) in [4.78, 5) is 15.2. The van der Waals surface area contributed by atoms with Crippen LogP contribution in [0, 0.1) is 11.8 Å². The highest BCUT2D eigenvalue weighted by atomic mass is 16.3. The number of hydrogen-bond donors (Lipinski definition) is 4. The normalized spacial score (nSPS) is 12.5.